The van der Waals surface area contributed by atoms with Crippen LogP contribution >= 0.6 is 11.8 Å². The molecule has 3 aromatic rings. The van der Waals surface area contributed by atoms with Crippen LogP contribution in [0.15, 0.2) is 66.9 Å². The SMILES string of the molecule is CSCC[C@H](NC(=O)CN(Cc1cccc2ccccc12)C[C@@H]1CCCN1C(=O)CN)C(=O)OCc1ccccn1. The number of fused-ring (bicyclic) bond motifs is 1. The first-order chi connectivity index (χ1) is 20.0. The quantitative estimate of drug-likeness (QED) is 0.281. The standard InChI is InChI=1S/C31H39N5O4S/c1-41-17-14-28(31(39)40-22-25-11-4-5-15-33-25)34-29(37)21-35(20-26-12-7-16-36(26)30(38)18-32)19-24-10-6-9-23-8-2-3-13-27(23)24/h2-6,8-11,13,15,26,28H,7,12,14,16-22,32H2,1H3,(H,34,37)/t26-,28-/m0/s1. The second kappa shape index (κ2) is 15.5. The Morgan fingerprint density at radius 2 is 1.95 bits per heavy atom. The average molecular weight is 578 g/mol. The number of nitrogens with one attached hydrogen (secondary N) is 1. The zero-order valence-corrected chi connectivity index (χ0v) is 24.4. The van der Waals surface area contributed by atoms with Crippen molar-refractivity contribution in [2.45, 2.75) is 44.5 Å². The number of amides is 2. The Hall–Kier alpha value is -3.47. The minimum absolute atomic E-state index is 0.0237. The Morgan fingerprint density at radius 3 is 2.73 bits per heavy atom. The van der Waals surface area contributed by atoms with E-state index < -0.39 is 12.0 Å². The van der Waals surface area contributed by atoms with E-state index in [1.165, 1.54) is 0 Å². The Kier molecular flexibility index (Phi) is 11.5. The summed E-state index contributed by atoms with van der Waals surface area (Å²) in [5, 5.41) is 5.17. The molecule has 0 radical (unpaired) electrons. The van der Waals surface area contributed by atoms with Crippen molar-refractivity contribution in [3.05, 3.63) is 78.1 Å². The van der Waals surface area contributed by atoms with Gasteiger partial charge in [-0.25, -0.2) is 4.79 Å². The molecular formula is C31H39N5O4S. The van der Waals surface area contributed by atoms with Crippen LogP contribution in [0, 0.1) is 0 Å². The van der Waals surface area contributed by atoms with E-state index >= 15 is 0 Å². The van der Waals surface area contributed by atoms with E-state index in [1.54, 1.807) is 30.1 Å². The number of ether oxygens (including phenoxy) is 1. The molecule has 0 bridgehead atoms. The average Bonchev–Trinajstić information content (AvgIpc) is 3.46. The van der Waals surface area contributed by atoms with E-state index in [2.05, 4.69) is 39.5 Å². The number of hydrogen-bond donors (Lipinski definition) is 2. The lowest BCUT2D eigenvalue weighted by Crippen LogP contribution is -2.49. The number of esters is 1. The Balaban J connectivity index is 1.48. The minimum Gasteiger partial charge on any atom is -0.458 e. The molecule has 4 rings (SSSR count). The van der Waals surface area contributed by atoms with Crippen LogP contribution in [0.5, 0.6) is 0 Å². The summed E-state index contributed by atoms with van der Waals surface area (Å²) in [6.07, 6.45) is 5.82. The van der Waals surface area contributed by atoms with Gasteiger partial charge in [-0.15, -0.1) is 0 Å². The summed E-state index contributed by atoms with van der Waals surface area (Å²) in [6, 6.07) is 19.0. The molecule has 0 aliphatic carbocycles. The molecule has 0 unspecified atom stereocenters. The van der Waals surface area contributed by atoms with Gasteiger partial charge in [-0.05, 0) is 59.7 Å². The zero-order valence-electron chi connectivity index (χ0n) is 23.5. The van der Waals surface area contributed by atoms with Gasteiger partial charge in [0.15, 0.2) is 0 Å². The van der Waals surface area contributed by atoms with Crippen molar-refractivity contribution in [2.24, 2.45) is 5.73 Å². The molecule has 1 fully saturated rings. The molecule has 0 saturated carbocycles. The first kappa shape index (κ1) is 30.5. The van der Waals surface area contributed by atoms with Crippen molar-refractivity contribution in [2.75, 3.05) is 38.2 Å². The third-order valence-electron chi connectivity index (χ3n) is 7.30. The summed E-state index contributed by atoms with van der Waals surface area (Å²) in [6.45, 7) is 1.82. The Labute approximate surface area is 245 Å². The van der Waals surface area contributed by atoms with Crippen LogP contribution in [0.3, 0.4) is 0 Å². The van der Waals surface area contributed by atoms with Crippen LogP contribution in [0.2, 0.25) is 0 Å². The summed E-state index contributed by atoms with van der Waals surface area (Å²) >= 11 is 1.60. The molecule has 1 aromatic heterocycles. The second-order valence-corrected chi connectivity index (χ2v) is 11.2. The lowest BCUT2D eigenvalue weighted by Gasteiger charge is -2.31. The van der Waals surface area contributed by atoms with Crippen molar-refractivity contribution >= 4 is 40.3 Å². The molecule has 1 aliphatic heterocycles. The molecule has 218 valence electrons. The van der Waals surface area contributed by atoms with E-state index in [9.17, 15) is 14.4 Å². The molecule has 3 N–H and O–H groups in total. The first-order valence-electron chi connectivity index (χ1n) is 14.0. The first-order valence-corrected chi connectivity index (χ1v) is 15.4. The number of rotatable bonds is 14. The summed E-state index contributed by atoms with van der Waals surface area (Å²) in [5.41, 5.74) is 7.42. The van der Waals surface area contributed by atoms with Gasteiger partial charge >= 0.3 is 5.97 Å². The number of pyridine rings is 1. The van der Waals surface area contributed by atoms with Crippen LogP contribution in [-0.4, -0.2) is 82.8 Å². The molecule has 41 heavy (non-hydrogen) atoms. The van der Waals surface area contributed by atoms with Crippen LogP contribution in [0.25, 0.3) is 10.8 Å². The number of nitrogens with zero attached hydrogens (tertiary/aromatic N) is 3. The van der Waals surface area contributed by atoms with Gasteiger partial charge in [-0.1, -0.05) is 48.5 Å². The monoisotopic (exact) mass is 577 g/mol. The molecule has 1 aliphatic rings. The molecular weight excluding hydrogens is 538 g/mol. The molecule has 2 atom stereocenters. The lowest BCUT2D eigenvalue weighted by molar-refractivity contribution is -0.149. The summed E-state index contributed by atoms with van der Waals surface area (Å²) in [5.74, 6) is -0.119. The summed E-state index contributed by atoms with van der Waals surface area (Å²) < 4.78 is 5.50. The third kappa shape index (κ3) is 8.76. The van der Waals surface area contributed by atoms with Crippen molar-refractivity contribution in [1.82, 2.24) is 20.1 Å². The molecule has 10 heteroatoms. The van der Waals surface area contributed by atoms with E-state index in [0.717, 1.165) is 29.2 Å². The van der Waals surface area contributed by atoms with Gasteiger partial charge in [0.05, 0.1) is 18.8 Å². The van der Waals surface area contributed by atoms with Crippen molar-refractivity contribution < 1.29 is 19.1 Å². The van der Waals surface area contributed by atoms with Gasteiger partial charge < -0.3 is 20.7 Å². The lowest BCUT2D eigenvalue weighted by atomic mass is 10.0. The Morgan fingerprint density at radius 1 is 1.15 bits per heavy atom. The fourth-order valence-electron chi connectivity index (χ4n) is 5.28. The third-order valence-corrected chi connectivity index (χ3v) is 7.94. The number of carbonyl (C=O) groups is 3. The van der Waals surface area contributed by atoms with Gasteiger partial charge in [0.2, 0.25) is 11.8 Å². The number of thioether (sulfide) groups is 1. The van der Waals surface area contributed by atoms with E-state index in [1.807, 2.05) is 35.4 Å². The highest BCUT2D eigenvalue weighted by Gasteiger charge is 2.31. The van der Waals surface area contributed by atoms with Crippen molar-refractivity contribution in [1.29, 1.82) is 0 Å². The number of carbonyl (C=O) groups excluding carboxylic acids is 3. The maximum atomic E-state index is 13.4. The van der Waals surface area contributed by atoms with Crippen LogP contribution in [-0.2, 0) is 32.3 Å². The van der Waals surface area contributed by atoms with Crippen LogP contribution < -0.4 is 11.1 Å². The highest BCUT2D eigenvalue weighted by Crippen LogP contribution is 2.23. The van der Waals surface area contributed by atoms with Gasteiger partial charge in [-0.2, -0.15) is 11.8 Å². The van der Waals surface area contributed by atoms with E-state index in [-0.39, 0.29) is 37.6 Å². The second-order valence-electron chi connectivity index (χ2n) is 10.2. The van der Waals surface area contributed by atoms with Gasteiger partial charge in [-0.3, -0.25) is 19.5 Å². The number of benzene rings is 2. The largest absolute Gasteiger partial charge is 0.458 e. The predicted molar refractivity (Wildman–Crippen MR) is 162 cm³/mol. The van der Waals surface area contributed by atoms with E-state index in [4.69, 9.17) is 10.5 Å². The summed E-state index contributed by atoms with van der Waals surface area (Å²) in [7, 11) is 0. The van der Waals surface area contributed by atoms with E-state index in [0.29, 0.717) is 37.5 Å². The van der Waals surface area contributed by atoms with Crippen LogP contribution in [0.4, 0.5) is 0 Å². The maximum Gasteiger partial charge on any atom is 0.329 e. The van der Waals surface area contributed by atoms with Gasteiger partial charge in [0.1, 0.15) is 12.6 Å². The highest BCUT2D eigenvalue weighted by molar-refractivity contribution is 7.98. The number of likely N-dealkylation sites (tertiary alicyclic amines) is 1. The summed E-state index contributed by atoms with van der Waals surface area (Å²) in [4.78, 5) is 47.0. The molecule has 2 aromatic carbocycles. The normalized spacial score (nSPS) is 15.7. The highest BCUT2D eigenvalue weighted by atomic mass is 32.2. The smallest absolute Gasteiger partial charge is 0.329 e. The van der Waals surface area contributed by atoms with Gasteiger partial charge in [0, 0.05) is 31.9 Å². The molecule has 1 saturated heterocycles. The minimum atomic E-state index is -0.764. The molecule has 0 spiro atoms. The number of nitrogens with two attached hydrogens (primary N) is 1. The van der Waals surface area contributed by atoms with Crippen molar-refractivity contribution in [3.63, 3.8) is 0 Å². The molecule has 2 heterocycles. The van der Waals surface area contributed by atoms with Crippen LogP contribution in [0.1, 0.15) is 30.5 Å². The topological polar surface area (TPSA) is 118 Å². The van der Waals surface area contributed by atoms with Crippen molar-refractivity contribution in [3.8, 4) is 0 Å². The zero-order chi connectivity index (χ0) is 29.0. The number of hydrogen-bond acceptors (Lipinski definition) is 8. The predicted octanol–water partition coefficient (Wildman–Crippen LogP) is 2.97. The fourth-order valence-corrected chi connectivity index (χ4v) is 5.75. The fraction of sp³-hybridized carbons (Fsp3) is 0.419. The maximum absolute atomic E-state index is 13.4. The molecule has 2 amide bonds. The number of aromatic nitrogens is 1. The van der Waals surface area contributed by atoms with Gasteiger partial charge in [0.25, 0.3) is 0 Å². The molecule has 9 nitrogen and oxygen atoms in total. The Bertz CT molecular complexity index is 1300.